The van der Waals surface area contributed by atoms with Gasteiger partial charge in [-0.15, -0.1) is 11.3 Å². The van der Waals surface area contributed by atoms with E-state index in [0.29, 0.717) is 18.1 Å². The minimum Gasteiger partial charge on any atom is -0.457 e. The van der Waals surface area contributed by atoms with Crippen molar-refractivity contribution in [3.8, 4) is 22.8 Å². The van der Waals surface area contributed by atoms with Gasteiger partial charge in [-0.25, -0.2) is 13.4 Å². The number of para-hydroxylation sites is 1. The second-order valence-corrected chi connectivity index (χ2v) is 10.1. The molecule has 1 fully saturated rings. The van der Waals surface area contributed by atoms with E-state index < -0.39 is 16.1 Å². The molecule has 1 saturated heterocycles. The Labute approximate surface area is 185 Å². The third kappa shape index (κ3) is 5.30. The van der Waals surface area contributed by atoms with Gasteiger partial charge in [-0.3, -0.25) is 4.79 Å². The molecule has 7 nitrogen and oxygen atoms in total. The van der Waals surface area contributed by atoms with Crippen LogP contribution >= 0.6 is 11.3 Å². The fourth-order valence-corrected chi connectivity index (χ4v) is 5.38. The van der Waals surface area contributed by atoms with Gasteiger partial charge in [0.2, 0.25) is 15.9 Å². The highest BCUT2D eigenvalue weighted by Gasteiger charge is 2.34. The molecule has 2 heterocycles. The van der Waals surface area contributed by atoms with Crippen LogP contribution in [0.1, 0.15) is 19.3 Å². The summed E-state index contributed by atoms with van der Waals surface area (Å²) in [6, 6.07) is 16.4. The third-order valence-electron chi connectivity index (χ3n) is 5.05. The number of carbonyl (C=O) groups excluding carboxylic acids is 1. The van der Waals surface area contributed by atoms with E-state index in [1.807, 2.05) is 60.0 Å². The maximum absolute atomic E-state index is 12.7. The van der Waals surface area contributed by atoms with E-state index in [-0.39, 0.29) is 5.91 Å². The molecule has 1 aromatic heterocycles. The Morgan fingerprint density at radius 2 is 1.81 bits per heavy atom. The molecule has 1 aliphatic heterocycles. The van der Waals surface area contributed by atoms with Gasteiger partial charge in [0, 0.05) is 17.5 Å². The predicted octanol–water partition coefficient (Wildman–Crippen LogP) is 4.36. The minimum absolute atomic E-state index is 0.336. The molecule has 4 rings (SSSR count). The van der Waals surface area contributed by atoms with Crippen molar-refractivity contribution in [1.29, 1.82) is 0 Å². The SMILES string of the molecule is CS(=O)(=O)N1CCCCC1C(=O)Nc1nc(-c2ccc(Oc3ccccc3)cc2)cs1. The molecule has 31 heavy (non-hydrogen) atoms. The van der Waals surface area contributed by atoms with E-state index in [1.54, 1.807) is 0 Å². The molecule has 0 bridgehead atoms. The summed E-state index contributed by atoms with van der Waals surface area (Å²) in [7, 11) is -3.43. The molecule has 1 aliphatic rings. The lowest BCUT2D eigenvalue weighted by Crippen LogP contribution is -2.49. The summed E-state index contributed by atoms with van der Waals surface area (Å²) in [6.07, 6.45) is 3.25. The van der Waals surface area contributed by atoms with Crippen LogP contribution < -0.4 is 10.1 Å². The Hall–Kier alpha value is -2.75. The Kier molecular flexibility index (Phi) is 6.35. The molecule has 0 radical (unpaired) electrons. The van der Waals surface area contributed by atoms with Crippen molar-refractivity contribution < 1.29 is 17.9 Å². The summed E-state index contributed by atoms with van der Waals surface area (Å²) >= 11 is 1.31. The van der Waals surface area contributed by atoms with Gasteiger partial charge >= 0.3 is 0 Å². The van der Waals surface area contributed by atoms with Gasteiger partial charge in [0.05, 0.1) is 11.9 Å². The average Bonchev–Trinajstić information content (AvgIpc) is 3.23. The summed E-state index contributed by atoms with van der Waals surface area (Å²) in [5.74, 6) is 1.15. The molecule has 3 aromatic rings. The van der Waals surface area contributed by atoms with Crippen LogP contribution in [-0.2, 0) is 14.8 Å². The Morgan fingerprint density at radius 3 is 2.52 bits per heavy atom. The van der Waals surface area contributed by atoms with E-state index >= 15 is 0 Å². The van der Waals surface area contributed by atoms with Gasteiger partial charge < -0.3 is 10.1 Å². The zero-order valence-electron chi connectivity index (χ0n) is 17.0. The number of hydrogen-bond acceptors (Lipinski definition) is 6. The lowest BCUT2D eigenvalue weighted by Gasteiger charge is -2.32. The molecule has 1 unspecified atom stereocenters. The number of carbonyl (C=O) groups is 1. The Bertz CT molecular complexity index is 1150. The highest BCUT2D eigenvalue weighted by molar-refractivity contribution is 7.88. The molecule has 0 spiro atoms. The van der Waals surface area contributed by atoms with Crippen molar-refractivity contribution in [2.45, 2.75) is 25.3 Å². The molecular formula is C22H23N3O4S2. The lowest BCUT2D eigenvalue weighted by atomic mass is 10.0. The number of amides is 1. The van der Waals surface area contributed by atoms with Crippen molar-refractivity contribution in [3.05, 3.63) is 60.0 Å². The molecule has 1 atom stereocenters. The highest BCUT2D eigenvalue weighted by Crippen LogP contribution is 2.29. The van der Waals surface area contributed by atoms with Crippen LogP contribution in [0.4, 0.5) is 5.13 Å². The second-order valence-electron chi connectivity index (χ2n) is 7.35. The number of rotatable bonds is 6. The Morgan fingerprint density at radius 1 is 1.10 bits per heavy atom. The number of piperidine rings is 1. The normalized spacial score (nSPS) is 17.3. The number of hydrogen-bond donors (Lipinski definition) is 1. The number of nitrogens with one attached hydrogen (secondary N) is 1. The van der Waals surface area contributed by atoms with E-state index in [4.69, 9.17) is 4.74 Å². The van der Waals surface area contributed by atoms with Crippen LogP contribution in [0.15, 0.2) is 60.0 Å². The van der Waals surface area contributed by atoms with Crippen molar-refractivity contribution in [3.63, 3.8) is 0 Å². The predicted molar refractivity (Wildman–Crippen MR) is 122 cm³/mol. The van der Waals surface area contributed by atoms with Crippen LogP contribution in [-0.4, -0.2) is 42.5 Å². The molecule has 0 aliphatic carbocycles. The first-order valence-electron chi connectivity index (χ1n) is 9.97. The van der Waals surface area contributed by atoms with Crippen LogP contribution in [0.2, 0.25) is 0 Å². The monoisotopic (exact) mass is 457 g/mol. The first-order valence-corrected chi connectivity index (χ1v) is 12.7. The summed E-state index contributed by atoms with van der Waals surface area (Å²) in [5.41, 5.74) is 1.63. The number of benzene rings is 2. The smallest absolute Gasteiger partial charge is 0.244 e. The molecule has 162 valence electrons. The maximum Gasteiger partial charge on any atom is 0.244 e. The minimum atomic E-state index is -3.43. The lowest BCUT2D eigenvalue weighted by molar-refractivity contribution is -0.120. The maximum atomic E-state index is 12.7. The molecule has 1 amide bonds. The van der Waals surface area contributed by atoms with Gasteiger partial charge in [0.25, 0.3) is 0 Å². The van der Waals surface area contributed by atoms with Crippen molar-refractivity contribution >= 4 is 32.4 Å². The molecule has 2 aromatic carbocycles. The topological polar surface area (TPSA) is 88.6 Å². The third-order valence-corrected chi connectivity index (χ3v) is 7.09. The van der Waals surface area contributed by atoms with Crippen LogP contribution in [0.5, 0.6) is 11.5 Å². The molecule has 0 saturated carbocycles. The first kappa shape index (κ1) is 21.5. The summed E-state index contributed by atoms with van der Waals surface area (Å²) in [4.78, 5) is 17.2. The number of thiazole rings is 1. The van der Waals surface area contributed by atoms with Crippen molar-refractivity contribution in [2.24, 2.45) is 0 Å². The van der Waals surface area contributed by atoms with Crippen LogP contribution in [0.25, 0.3) is 11.3 Å². The first-order chi connectivity index (χ1) is 14.9. The summed E-state index contributed by atoms with van der Waals surface area (Å²) in [6.45, 7) is 0.372. The summed E-state index contributed by atoms with van der Waals surface area (Å²) in [5, 5.41) is 5.09. The second kappa shape index (κ2) is 9.17. The van der Waals surface area contributed by atoms with Gasteiger partial charge in [0.15, 0.2) is 5.13 Å². The van der Waals surface area contributed by atoms with Crippen molar-refractivity contribution in [2.75, 3.05) is 18.1 Å². The highest BCUT2D eigenvalue weighted by atomic mass is 32.2. The molecular weight excluding hydrogens is 434 g/mol. The van der Waals surface area contributed by atoms with Gasteiger partial charge in [-0.1, -0.05) is 24.6 Å². The molecule has 1 N–H and O–H groups in total. The Balaban J connectivity index is 1.42. The average molecular weight is 458 g/mol. The standard InChI is InChI=1S/C22H23N3O4S2/c1-31(27,28)25-14-6-5-9-20(25)21(26)24-22-23-19(15-30-22)16-10-12-18(13-11-16)29-17-7-3-2-4-8-17/h2-4,7-8,10-13,15,20H,5-6,9,14H2,1H3,(H,23,24,26). The van der Waals surface area contributed by atoms with Crippen LogP contribution in [0, 0.1) is 0 Å². The number of nitrogens with zero attached hydrogens (tertiary/aromatic N) is 2. The van der Waals surface area contributed by atoms with Crippen LogP contribution in [0.3, 0.4) is 0 Å². The van der Waals surface area contributed by atoms with Gasteiger partial charge in [-0.2, -0.15) is 4.31 Å². The largest absolute Gasteiger partial charge is 0.457 e. The van der Waals surface area contributed by atoms with E-state index in [9.17, 15) is 13.2 Å². The number of anilines is 1. The fraction of sp³-hybridized carbons (Fsp3) is 0.273. The number of sulfonamides is 1. The van der Waals surface area contributed by atoms with E-state index in [2.05, 4.69) is 10.3 Å². The van der Waals surface area contributed by atoms with Gasteiger partial charge in [-0.05, 0) is 49.2 Å². The summed E-state index contributed by atoms with van der Waals surface area (Å²) < 4.78 is 31.1. The fourth-order valence-electron chi connectivity index (χ4n) is 3.53. The number of aromatic nitrogens is 1. The van der Waals surface area contributed by atoms with Gasteiger partial charge in [0.1, 0.15) is 17.5 Å². The van der Waals surface area contributed by atoms with E-state index in [0.717, 1.165) is 41.9 Å². The zero-order chi connectivity index (χ0) is 21.8. The van der Waals surface area contributed by atoms with Crippen molar-refractivity contribution in [1.82, 2.24) is 9.29 Å². The quantitative estimate of drug-likeness (QED) is 0.594. The number of ether oxygens (including phenoxy) is 1. The molecule has 9 heteroatoms. The van der Waals surface area contributed by atoms with E-state index in [1.165, 1.54) is 15.6 Å². The zero-order valence-corrected chi connectivity index (χ0v) is 18.7.